The van der Waals surface area contributed by atoms with Crippen LogP contribution in [0.4, 0.5) is 16.2 Å². The van der Waals surface area contributed by atoms with Crippen LogP contribution >= 0.6 is 35.1 Å². The molecule has 1 amide bonds. The molecule has 1 saturated heterocycles. The van der Waals surface area contributed by atoms with Crippen molar-refractivity contribution in [2.45, 2.75) is 58.9 Å². The molecule has 4 nitrogen and oxygen atoms in total. The Balaban J connectivity index is 1.57. The van der Waals surface area contributed by atoms with Crippen molar-refractivity contribution in [3.63, 3.8) is 0 Å². The minimum Gasteiger partial charge on any atom is -0.430 e. The zero-order valence-electron chi connectivity index (χ0n) is 17.3. The standard InChI is InChI=1S/C23H27ClN2O2S2/c1-16(24)28-23(27)25-13-6-5-7-17(25)12-14-26-19-8-3-4-9-21(19)30-22-11-10-18(29-2)15-20(22)26/h3-4,8-11,15-17H,5-7,12-14H2,1-2H3. The first kappa shape index (κ1) is 21.7. The summed E-state index contributed by atoms with van der Waals surface area (Å²) in [6.07, 6.45) is 5.89. The summed E-state index contributed by atoms with van der Waals surface area (Å²) in [5.74, 6) is 0. The SMILES string of the molecule is CSc1ccc2c(c1)N(CCC1CCCCN1C(=O)OC(C)Cl)c1ccccc1S2. The summed E-state index contributed by atoms with van der Waals surface area (Å²) in [6, 6.07) is 15.4. The van der Waals surface area contributed by atoms with Crippen molar-refractivity contribution in [1.82, 2.24) is 4.90 Å². The van der Waals surface area contributed by atoms with E-state index in [0.29, 0.717) is 0 Å². The van der Waals surface area contributed by atoms with Gasteiger partial charge in [0.15, 0.2) is 5.56 Å². The van der Waals surface area contributed by atoms with Gasteiger partial charge in [-0.3, -0.25) is 0 Å². The third-order valence-electron chi connectivity index (χ3n) is 5.64. The first-order valence-electron chi connectivity index (χ1n) is 10.4. The molecule has 7 heteroatoms. The van der Waals surface area contributed by atoms with E-state index < -0.39 is 5.56 Å². The molecular formula is C23H27ClN2O2S2. The Hall–Kier alpha value is -1.50. The van der Waals surface area contributed by atoms with Crippen molar-refractivity contribution in [3.05, 3.63) is 42.5 Å². The zero-order valence-corrected chi connectivity index (χ0v) is 19.7. The summed E-state index contributed by atoms with van der Waals surface area (Å²) in [7, 11) is 0. The summed E-state index contributed by atoms with van der Waals surface area (Å²) in [6.45, 7) is 3.28. The number of likely N-dealkylation sites (tertiary alicyclic amines) is 1. The second-order valence-electron chi connectivity index (χ2n) is 7.61. The average molecular weight is 463 g/mol. The van der Waals surface area contributed by atoms with E-state index in [1.807, 2.05) is 16.7 Å². The summed E-state index contributed by atoms with van der Waals surface area (Å²) in [5, 5.41) is 0. The van der Waals surface area contributed by atoms with Gasteiger partial charge in [-0.15, -0.1) is 11.8 Å². The predicted molar refractivity (Wildman–Crippen MR) is 127 cm³/mol. The van der Waals surface area contributed by atoms with E-state index in [9.17, 15) is 4.79 Å². The summed E-state index contributed by atoms with van der Waals surface area (Å²) < 4.78 is 5.29. The van der Waals surface area contributed by atoms with Crippen molar-refractivity contribution in [3.8, 4) is 0 Å². The monoisotopic (exact) mass is 462 g/mol. The van der Waals surface area contributed by atoms with Crippen LogP contribution in [-0.2, 0) is 4.74 Å². The number of rotatable bonds is 5. The lowest BCUT2D eigenvalue weighted by atomic mass is 9.99. The molecule has 0 radical (unpaired) electrons. The van der Waals surface area contributed by atoms with E-state index in [1.165, 1.54) is 26.1 Å². The maximum Gasteiger partial charge on any atom is 0.411 e. The number of ether oxygens (including phenoxy) is 1. The predicted octanol–water partition coefficient (Wildman–Crippen LogP) is 6.98. The molecule has 0 N–H and O–H groups in total. The number of halogens is 1. The number of anilines is 2. The van der Waals surface area contributed by atoms with Gasteiger partial charge in [-0.2, -0.15) is 0 Å². The van der Waals surface area contributed by atoms with Gasteiger partial charge in [0.05, 0.1) is 11.4 Å². The number of para-hydroxylation sites is 1. The molecule has 30 heavy (non-hydrogen) atoms. The van der Waals surface area contributed by atoms with Crippen LogP contribution in [0, 0.1) is 0 Å². The maximum atomic E-state index is 12.5. The molecule has 2 heterocycles. The summed E-state index contributed by atoms with van der Waals surface area (Å²) in [4.78, 5) is 20.7. The zero-order chi connectivity index (χ0) is 21.1. The van der Waals surface area contributed by atoms with Gasteiger partial charge in [0.1, 0.15) is 0 Å². The number of hydrogen-bond acceptors (Lipinski definition) is 5. The highest BCUT2D eigenvalue weighted by Gasteiger charge is 2.30. The summed E-state index contributed by atoms with van der Waals surface area (Å²) in [5.41, 5.74) is 1.89. The number of carbonyl (C=O) groups is 1. The number of alkyl halides is 1. The second kappa shape index (κ2) is 9.75. The number of hydrogen-bond donors (Lipinski definition) is 0. The normalized spacial score (nSPS) is 19.1. The van der Waals surface area contributed by atoms with Crippen LogP contribution in [0.25, 0.3) is 0 Å². The number of amides is 1. The third kappa shape index (κ3) is 4.71. The van der Waals surface area contributed by atoms with Crippen LogP contribution in [0.3, 0.4) is 0 Å². The van der Waals surface area contributed by atoms with Crippen molar-refractivity contribution in [1.29, 1.82) is 0 Å². The van der Waals surface area contributed by atoms with Crippen LogP contribution in [-0.4, -0.2) is 41.9 Å². The fraction of sp³-hybridized carbons (Fsp3) is 0.435. The fourth-order valence-corrected chi connectivity index (χ4v) is 5.79. The van der Waals surface area contributed by atoms with Crippen molar-refractivity contribution in [2.24, 2.45) is 0 Å². The molecule has 0 bridgehead atoms. The van der Waals surface area contributed by atoms with E-state index in [-0.39, 0.29) is 12.1 Å². The van der Waals surface area contributed by atoms with Crippen LogP contribution in [0.1, 0.15) is 32.6 Å². The van der Waals surface area contributed by atoms with E-state index in [0.717, 1.165) is 38.8 Å². The van der Waals surface area contributed by atoms with Gasteiger partial charge in [-0.1, -0.05) is 35.5 Å². The van der Waals surface area contributed by atoms with Gasteiger partial charge >= 0.3 is 6.09 Å². The van der Waals surface area contributed by atoms with Crippen molar-refractivity contribution >= 4 is 52.6 Å². The maximum absolute atomic E-state index is 12.5. The smallest absolute Gasteiger partial charge is 0.411 e. The van der Waals surface area contributed by atoms with Gasteiger partial charge in [0.25, 0.3) is 0 Å². The molecule has 2 aromatic carbocycles. The molecule has 2 aliphatic rings. The molecule has 2 aromatic rings. The second-order valence-corrected chi connectivity index (χ2v) is 10.2. The lowest BCUT2D eigenvalue weighted by Gasteiger charge is -2.38. The van der Waals surface area contributed by atoms with E-state index in [4.69, 9.17) is 16.3 Å². The number of nitrogens with zero attached hydrogens (tertiary/aromatic N) is 2. The van der Waals surface area contributed by atoms with Gasteiger partial charge in [-0.25, -0.2) is 4.79 Å². The number of benzene rings is 2. The lowest BCUT2D eigenvalue weighted by molar-refractivity contribution is 0.0664. The molecule has 0 saturated carbocycles. The van der Waals surface area contributed by atoms with Crippen LogP contribution < -0.4 is 4.90 Å². The Morgan fingerprint density at radius 2 is 2.03 bits per heavy atom. The molecule has 4 rings (SSSR count). The van der Waals surface area contributed by atoms with Crippen LogP contribution in [0.5, 0.6) is 0 Å². The minimum atomic E-state index is -0.608. The van der Waals surface area contributed by atoms with E-state index in [1.54, 1.807) is 18.7 Å². The number of piperidine rings is 1. The summed E-state index contributed by atoms with van der Waals surface area (Å²) >= 11 is 9.49. The molecule has 0 aliphatic carbocycles. The topological polar surface area (TPSA) is 32.8 Å². The minimum absolute atomic E-state index is 0.176. The number of fused-ring (bicyclic) bond motifs is 2. The average Bonchev–Trinajstić information content (AvgIpc) is 2.76. The molecule has 1 fully saturated rings. The molecular weight excluding hydrogens is 436 g/mol. The highest BCUT2D eigenvalue weighted by atomic mass is 35.5. The Bertz CT molecular complexity index is 909. The van der Waals surface area contributed by atoms with Gasteiger partial charge < -0.3 is 14.5 Å². The first-order chi connectivity index (χ1) is 14.6. The molecule has 2 unspecified atom stereocenters. The molecule has 160 valence electrons. The molecule has 2 atom stereocenters. The fourth-order valence-electron chi connectivity index (χ4n) is 4.20. The largest absolute Gasteiger partial charge is 0.430 e. The Kier molecular flexibility index (Phi) is 7.06. The van der Waals surface area contributed by atoms with Gasteiger partial charge in [-0.05, 0) is 69.2 Å². The Morgan fingerprint density at radius 1 is 1.23 bits per heavy atom. The van der Waals surface area contributed by atoms with Gasteiger partial charge in [0, 0.05) is 33.8 Å². The number of thioether (sulfide) groups is 1. The Labute approximate surface area is 192 Å². The number of carbonyl (C=O) groups excluding carboxylic acids is 1. The van der Waals surface area contributed by atoms with Crippen LogP contribution in [0.15, 0.2) is 57.2 Å². The van der Waals surface area contributed by atoms with E-state index >= 15 is 0 Å². The quantitative estimate of drug-likeness (QED) is 0.353. The first-order valence-corrected chi connectivity index (χ1v) is 12.9. The highest BCUT2D eigenvalue weighted by molar-refractivity contribution is 8.00. The van der Waals surface area contributed by atoms with Crippen molar-refractivity contribution in [2.75, 3.05) is 24.2 Å². The Morgan fingerprint density at radius 3 is 2.83 bits per heavy atom. The lowest BCUT2D eigenvalue weighted by Crippen LogP contribution is -2.45. The highest BCUT2D eigenvalue weighted by Crippen LogP contribution is 2.49. The van der Waals surface area contributed by atoms with Gasteiger partial charge in [0.2, 0.25) is 0 Å². The molecule has 0 aromatic heterocycles. The van der Waals surface area contributed by atoms with Crippen molar-refractivity contribution < 1.29 is 9.53 Å². The van der Waals surface area contributed by atoms with Crippen LogP contribution in [0.2, 0.25) is 0 Å². The third-order valence-corrected chi connectivity index (χ3v) is 7.59. The molecule has 0 spiro atoms. The molecule has 2 aliphatic heterocycles. The van der Waals surface area contributed by atoms with E-state index in [2.05, 4.69) is 53.6 Å².